The first-order valence-electron chi connectivity index (χ1n) is 8.42. The summed E-state index contributed by atoms with van der Waals surface area (Å²) in [7, 11) is 0. The van der Waals surface area contributed by atoms with Crippen molar-refractivity contribution in [1.29, 1.82) is 0 Å². The lowest BCUT2D eigenvalue weighted by atomic mass is 10.1. The molecule has 0 unspecified atom stereocenters. The lowest BCUT2D eigenvalue weighted by Gasteiger charge is -2.06. The number of hydrogen-bond donors (Lipinski definition) is 3. The van der Waals surface area contributed by atoms with Crippen molar-refractivity contribution in [2.45, 2.75) is 6.92 Å². The molecule has 3 rings (SSSR count). The minimum Gasteiger partial charge on any atom is -0.481 e. The zero-order valence-electron chi connectivity index (χ0n) is 15.0. The molecule has 0 aliphatic heterocycles. The number of H-pyrrole nitrogens is 1. The lowest BCUT2D eigenvalue weighted by Crippen LogP contribution is -2.18. The molecule has 0 radical (unpaired) electrons. The van der Waals surface area contributed by atoms with Crippen molar-refractivity contribution in [3.8, 4) is 17.0 Å². The Morgan fingerprint density at radius 3 is 2.71 bits per heavy atom. The third-order valence-corrected chi connectivity index (χ3v) is 3.81. The maximum Gasteiger partial charge on any atom is 0.341 e. The van der Waals surface area contributed by atoms with Crippen LogP contribution in [0.1, 0.15) is 21.6 Å². The fourth-order valence-electron chi connectivity index (χ4n) is 2.39. The van der Waals surface area contributed by atoms with Gasteiger partial charge in [-0.25, -0.2) is 10.2 Å². The molecular weight excluding hydrogens is 360 g/mol. The van der Waals surface area contributed by atoms with Crippen LogP contribution in [0.25, 0.3) is 11.3 Å². The van der Waals surface area contributed by atoms with E-state index < -0.39 is 18.5 Å². The van der Waals surface area contributed by atoms with Gasteiger partial charge in [0.15, 0.2) is 6.61 Å². The van der Waals surface area contributed by atoms with E-state index >= 15 is 0 Å². The van der Waals surface area contributed by atoms with Gasteiger partial charge in [0.2, 0.25) is 0 Å². The Labute approximate surface area is 160 Å². The number of para-hydroxylation sites is 1. The molecule has 3 N–H and O–H groups in total. The van der Waals surface area contributed by atoms with Crippen LogP contribution in [0.2, 0.25) is 0 Å². The zero-order chi connectivity index (χ0) is 19.9. The second-order valence-electron chi connectivity index (χ2n) is 5.95. The number of nitrogens with zero attached hydrogens (tertiary/aromatic N) is 2. The van der Waals surface area contributed by atoms with Crippen LogP contribution in [-0.4, -0.2) is 40.0 Å². The van der Waals surface area contributed by atoms with Crippen LogP contribution in [0.3, 0.4) is 0 Å². The number of carbonyl (C=O) groups is 2. The molecule has 0 atom stereocenters. The Kier molecular flexibility index (Phi) is 5.81. The fraction of sp³-hybridized carbons (Fsp3) is 0.100. The topological polar surface area (TPSA) is 117 Å². The van der Waals surface area contributed by atoms with Gasteiger partial charge < -0.3 is 9.84 Å². The molecule has 0 spiro atoms. The van der Waals surface area contributed by atoms with Crippen molar-refractivity contribution in [1.82, 2.24) is 15.6 Å². The lowest BCUT2D eigenvalue weighted by molar-refractivity contribution is -0.139. The molecule has 142 valence electrons. The Morgan fingerprint density at radius 2 is 1.96 bits per heavy atom. The molecule has 0 aliphatic carbocycles. The SMILES string of the molecule is Cc1ccc(-c2cc(C(=O)NN=Cc3ccccc3OCC(=O)O)[nH]n2)cc1. The molecule has 0 aliphatic rings. The minimum atomic E-state index is -1.08. The van der Waals surface area contributed by atoms with E-state index in [1.54, 1.807) is 30.3 Å². The summed E-state index contributed by atoms with van der Waals surface area (Å²) in [6, 6.07) is 16.2. The van der Waals surface area contributed by atoms with E-state index in [1.807, 2.05) is 31.2 Å². The molecule has 1 heterocycles. The molecule has 28 heavy (non-hydrogen) atoms. The van der Waals surface area contributed by atoms with Gasteiger partial charge in [-0.05, 0) is 25.1 Å². The van der Waals surface area contributed by atoms with Gasteiger partial charge in [-0.15, -0.1) is 0 Å². The van der Waals surface area contributed by atoms with E-state index in [-0.39, 0.29) is 5.69 Å². The van der Waals surface area contributed by atoms with Crippen molar-refractivity contribution in [2.24, 2.45) is 5.10 Å². The summed E-state index contributed by atoms with van der Waals surface area (Å²) < 4.78 is 5.18. The number of aromatic nitrogens is 2. The van der Waals surface area contributed by atoms with Gasteiger partial charge >= 0.3 is 5.97 Å². The summed E-state index contributed by atoms with van der Waals surface area (Å²) in [5.41, 5.74) is 5.89. The summed E-state index contributed by atoms with van der Waals surface area (Å²) in [6.45, 7) is 1.53. The monoisotopic (exact) mass is 378 g/mol. The number of ether oxygens (including phenoxy) is 1. The second-order valence-corrected chi connectivity index (χ2v) is 5.95. The van der Waals surface area contributed by atoms with Gasteiger partial charge in [0.25, 0.3) is 5.91 Å². The number of aromatic amines is 1. The molecule has 0 saturated carbocycles. The van der Waals surface area contributed by atoms with Gasteiger partial charge in [0, 0.05) is 11.1 Å². The number of hydrazone groups is 1. The van der Waals surface area contributed by atoms with Crippen LogP contribution in [-0.2, 0) is 4.79 Å². The Morgan fingerprint density at radius 1 is 1.21 bits per heavy atom. The van der Waals surface area contributed by atoms with Crippen molar-refractivity contribution < 1.29 is 19.4 Å². The number of rotatable bonds is 7. The van der Waals surface area contributed by atoms with Gasteiger partial charge in [0.05, 0.1) is 11.9 Å². The van der Waals surface area contributed by atoms with E-state index in [2.05, 4.69) is 20.7 Å². The van der Waals surface area contributed by atoms with Gasteiger partial charge in [-0.2, -0.15) is 10.2 Å². The average molecular weight is 378 g/mol. The first-order chi connectivity index (χ1) is 13.5. The Hall–Kier alpha value is -3.94. The van der Waals surface area contributed by atoms with Crippen LogP contribution in [0.15, 0.2) is 59.7 Å². The fourth-order valence-corrected chi connectivity index (χ4v) is 2.39. The van der Waals surface area contributed by atoms with Crippen molar-refractivity contribution in [3.05, 3.63) is 71.4 Å². The number of nitrogens with one attached hydrogen (secondary N) is 2. The molecule has 8 heteroatoms. The third-order valence-electron chi connectivity index (χ3n) is 3.81. The third kappa shape index (κ3) is 4.82. The number of carboxylic acid groups (broad SMARTS) is 1. The highest BCUT2D eigenvalue weighted by Crippen LogP contribution is 2.18. The Balaban J connectivity index is 1.65. The number of aliphatic carboxylic acids is 1. The van der Waals surface area contributed by atoms with Crippen LogP contribution in [0.5, 0.6) is 5.75 Å². The van der Waals surface area contributed by atoms with Crippen LogP contribution in [0.4, 0.5) is 0 Å². The maximum absolute atomic E-state index is 12.2. The van der Waals surface area contributed by atoms with Crippen LogP contribution in [0, 0.1) is 6.92 Å². The summed E-state index contributed by atoms with van der Waals surface area (Å²) in [5.74, 6) is -1.18. The molecule has 1 amide bonds. The Bertz CT molecular complexity index is 1010. The van der Waals surface area contributed by atoms with Gasteiger partial charge in [-0.3, -0.25) is 9.89 Å². The summed E-state index contributed by atoms with van der Waals surface area (Å²) in [6.07, 6.45) is 1.38. The number of aryl methyl sites for hydroxylation is 1. The normalized spacial score (nSPS) is 10.8. The first kappa shape index (κ1) is 18.8. The summed E-state index contributed by atoms with van der Waals surface area (Å²) >= 11 is 0. The number of amides is 1. The van der Waals surface area contributed by atoms with Crippen LogP contribution < -0.4 is 10.2 Å². The van der Waals surface area contributed by atoms with Crippen molar-refractivity contribution in [2.75, 3.05) is 6.61 Å². The minimum absolute atomic E-state index is 0.267. The van der Waals surface area contributed by atoms with E-state index in [4.69, 9.17) is 9.84 Å². The second kappa shape index (κ2) is 8.63. The maximum atomic E-state index is 12.2. The van der Waals surface area contributed by atoms with Gasteiger partial charge in [-0.1, -0.05) is 42.0 Å². The summed E-state index contributed by atoms with van der Waals surface area (Å²) in [5, 5.41) is 19.4. The highest BCUT2D eigenvalue weighted by Gasteiger charge is 2.10. The van der Waals surface area contributed by atoms with E-state index in [9.17, 15) is 9.59 Å². The average Bonchev–Trinajstić information content (AvgIpc) is 3.18. The smallest absolute Gasteiger partial charge is 0.341 e. The molecule has 0 fully saturated rings. The number of hydrogen-bond acceptors (Lipinski definition) is 5. The zero-order valence-corrected chi connectivity index (χ0v) is 15.0. The molecule has 2 aromatic carbocycles. The van der Waals surface area contributed by atoms with Crippen LogP contribution >= 0.6 is 0 Å². The van der Waals surface area contributed by atoms with E-state index in [0.29, 0.717) is 17.0 Å². The van der Waals surface area contributed by atoms with Crippen molar-refractivity contribution in [3.63, 3.8) is 0 Å². The number of carbonyl (C=O) groups excluding carboxylic acids is 1. The standard InChI is InChI=1S/C20H18N4O4/c1-13-6-8-14(9-7-13)16-10-17(23-22-16)20(27)24-21-11-15-4-2-3-5-18(15)28-12-19(25)26/h2-11H,12H2,1H3,(H,22,23)(H,24,27)(H,25,26). The largest absolute Gasteiger partial charge is 0.481 e. The van der Waals surface area contributed by atoms with E-state index in [0.717, 1.165) is 11.1 Å². The molecule has 3 aromatic rings. The first-order valence-corrected chi connectivity index (χ1v) is 8.42. The number of benzene rings is 2. The molecule has 0 saturated heterocycles. The molecular formula is C20H18N4O4. The highest BCUT2D eigenvalue weighted by molar-refractivity contribution is 5.94. The summed E-state index contributed by atoms with van der Waals surface area (Å²) in [4.78, 5) is 22.9. The predicted octanol–water partition coefficient (Wildman–Crippen LogP) is 2.61. The molecule has 1 aromatic heterocycles. The predicted molar refractivity (Wildman–Crippen MR) is 103 cm³/mol. The molecule has 0 bridgehead atoms. The number of carboxylic acids is 1. The van der Waals surface area contributed by atoms with Gasteiger partial charge in [0.1, 0.15) is 11.4 Å². The van der Waals surface area contributed by atoms with Crippen molar-refractivity contribution >= 4 is 18.1 Å². The highest BCUT2D eigenvalue weighted by atomic mass is 16.5. The molecule has 8 nitrogen and oxygen atoms in total. The van der Waals surface area contributed by atoms with E-state index in [1.165, 1.54) is 6.21 Å². The quantitative estimate of drug-likeness (QED) is 0.432.